The van der Waals surface area contributed by atoms with Gasteiger partial charge in [0, 0.05) is 4.48 Å². The van der Waals surface area contributed by atoms with Crippen LogP contribution in [0.3, 0.4) is 0 Å². The summed E-state index contributed by atoms with van der Waals surface area (Å²) in [6, 6.07) is 21.0. The van der Waals surface area contributed by atoms with Crippen LogP contribution in [0.15, 0.2) is 66.7 Å². The topological polar surface area (TPSA) is 0 Å². The molecule has 2 aromatic rings. The summed E-state index contributed by atoms with van der Waals surface area (Å²) in [6.45, 7) is 0. The highest BCUT2D eigenvalue weighted by Gasteiger charge is 1.95. The van der Waals surface area contributed by atoms with Crippen molar-refractivity contribution in [3.05, 3.63) is 77.9 Å². The van der Waals surface area contributed by atoms with Gasteiger partial charge in [0.15, 0.2) is 0 Å². The Morgan fingerprint density at radius 1 is 0.882 bits per heavy atom. The molecule has 2 aromatic carbocycles. The Morgan fingerprint density at radius 2 is 1.47 bits per heavy atom. The lowest BCUT2D eigenvalue weighted by molar-refractivity contribution is 1.01. The van der Waals surface area contributed by atoms with Crippen molar-refractivity contribution in [3.8, 4) is 0 Å². The van der Waals surface area contributed by atoms with Crippen LogP contribution < -0.4 is 0 Å². The van der Waals surface area contributed by atoms with E-state index in [9.17, 15) is 0 Å². The SMILES string of the molecule is Br/C(=C\CCc1ccccc1)c1ccccc1. The molecule has 2 rings (SSSR count). The van der Waals surface area contributed by atoms with Crippen LogP contribution in [-0.4, -0.2) is 0 Å². The molecule has 0 aliphatic heterocycles. The maximum absolute atomic E-state index is 3.62. The van der Waals surface area contributed by atoms with Crippen LogP contribution in [0.25, 0.3) is 4.48 Å². The summed E-state index contributed by atoms with van der Waals surface area (Å²) in [5.41, 5.74) is 2.62. The van der Waals surface area contributed by atoms with Gasteiger partial charge in [0.25, 0.3) is 0 Å². The quantitative estimate of drug-likeness (QED) is 0.737. The normalized spacial score (nSPS) is 11.5. The lowest BCUT2D eigenvalue weighted by atomic mass is 10.1. The molecular weight excluding hydrogens is 272 g/mol. The summed E-state index contributed by atoms with van der Waals surface area (Å²) < 4.78 is 1.18. The predicted molar refractivity (Wildman–Crippen MR) is 78.1 cm³/mol. The molecule has 0 saturated heterocycles. The fourth-order valence-electron chi connectivity index (χ4n) is 1.73. The van der Waals surface area contributed by atoms with Gasteiger partial charge in [0.05, 0.1) is 0 Å². The van der Waals surface area contributed by atoms with Crippen molar-refractivity contribution in [3.63, 3.8) is 0 Å². The van der Waals surface area contributed by atoms with E-state index < -0.39 is 0 Å². The minimum Gasteiger partial charge on any atom is -0.0693 e. The molecule has 0 aromatic heterocycles. The first-order chi connectivity index (χ1) is 8.36. The second-order valence-corrected chi connectivity index (χ2v) is 4.80. The second kappa shape index (κ2) is 6.41. The second-order valence-electron chi connectivity index (χ2n) is 3.94. The van der Waals surface area contributed by atoms with E-state index in [0.29, 0.717) is 0 Å². The van der Waals surface area contributed by atoms with Crippen LogP contribution in [0.1, 0.15) is 17.5 Å². The van der Waals surface area contributed by atoms with Gasteiger partial charge in [-0.1, -0.05) is 82.7 Å². The van der Waals surface area contributed by atoms with Crippen LogP contribution in [0, 0.1) is 0 Å². The Hall–Kier alpha value is -1.34. The van der Waals surface area contributed by atoms with Gasteiger partial charge in [-0.05, 0) is 24.0 Å². The molecule has 0 bridgehead atoms. The van der Waals surface area contributed by atoms with E-state index in [1.54, 1.807) is 0 Å². The van der Waals surface area contributed by atoms with Crippen molar-refractivity contribution in [1.82, 2.24) is 0 Å². The van der Waals surface area contributed by atoms with E-state index in [0.717, 1.165) is 12.8 Å². The summed E-state index contributed by atoms with van der Waals surface area (Å²) in [5, 5.41) is 0. The Morgan fingerprint density at radius 3 is 2.12 bits per heavy atom. The van der Waals surface area contributed by atoms with E-state index in [1.165, 1.54) is 15.6 Å². The zero-order valence-electron chi connectivity index (χ0n) is 9.64. The fourth-order valence-corrected chi connectivity index (χ4v) is 2.22. The molecule has 0 radical (unpaired) electrons. The molecule has 0 atom stereocenters. The molecule has 0 N–H and O–H groups in total. The molecule has 0 nitrogen and oxygen atoms in total. The van der Waals surface area contributed by atoms with Crippen LogP contribution >= 0.6 is 15.9 Å². The number of hydrogen-bond donors (Lipinski definition) is 0. The van der Waals surface area contributed by atoms with Gasteiger partial charge in [0.2, 0.25) is 0 Å². The molecule has 86 valence electrons. The standard InChI is InChI=1S/C16H15Br/c17-16(15-11-5-2-6-12-15)13-7-10-14-8-3-1-4-9-14/h1-6,8-9,11-13H,7,10H2/b16-13-. The fraction of sp³-hybridized carbons (Fsp3) is 0.125. The van der Waals surface area contributed by atoms with Gasteiger partial charge in [-0.25, -0.2) is 0 Å². The van der Waals surface area contributed by atoms with Crippen molar-refractivity contribution in [2.45, 2.75) is 12.8 Å². The maximum Gasteiger partial charge on any atom is 0.0207 e. The number of rotatable bonds is 4. The third-order valence-corrected chi connectivity index (χ3v) is 3.43. The zero-order valence-corrected chi connectivity index (χ0v) is 11.2. The molecule has 0 unspecified atom stereocenters. The van der Waals surface area contributed by atoms with E-state index in [2.05, 4.69) is 76.6 Å². The first-order valence-electron chi connectivity index (χ1n) is 5.81. The molecule has 0 fully saturated rings. The third-order valence-electron chi connectivity index (χ3n) is 2.65. The summed E-state index contributed by atoms with van der Waals surface area (Å²) in [7, 11) is 0. The molecular formula is C16H15Br. The lowest BCUT2D eigenvalue weighted by Crippen LogP contribution is -1.82. The first kappa shape index (κ1) is 12.1. The molecule has 0 aliphatic carbocycles. The van der Waals surface area contributed by atoms with E-state index in [4.69, 9.17) is 0 Å². The van der Waals surface area contributed by atoms with Gasteiger partial charge >= 0.3 is 0 Å². The smallest absolute Gasteiger partial charge is 0.0207 e. The molecule has 0 saturated carbocycles. The van der Waals surface area contributed by atoms with Gasteiger partial charge in [-0.3, -0.25) is 0 Å². The highest BCUT2D eigenvalue weighted by Crippen LogP contribution is 2.21. The molecule has 1 heteroatoms. The molecule has 0 aliphatic rings. The number of hydrogen-bond acceptors (Lipinski definition) is 0. The van der Waals surface area contributed by atoms with Gasteiger partial charge in [0.1, 0.15) is 0 Å². The summed E-state index contributed by atoms with van der Waals surface area (Å²) >= 11 is 3.62. The summed E-state index contributed by atoms with van der Waals surface area (Å²) in [6.07, 6.45) is 4.38. The number of benzene rings is 2. The van der Waals surface area contributed by atoms with Crippen LogP contribution in [0.4, 0.5) is 0 Å². The van der Waals surface area contributed by atoms with Crippen LogP contribution in [0.2, 0.25) is 0 Å². The van der Waals surface area contributed by atoms with Crippen molar-refractivity contribution in [2.75, 3.05) is 0 Å². The number of allylic oxidation sites excluding steroid dienone is 1. The Labute approximate surface area is 111 Å². The van der Waals surface area contributed by atoms with Gasteiger partial charge in [-0.15, -0.1) is 0 Å². The Balaban J connectivity index is 1.93. The maximum atomic E-state index is 3.62. The number of halogens is 1. The van der Waals surface area contributed by atoms with Crippen molar-refractivity contribution in [2.24, 2.45) is 0 Å². The minimum atomic E-state index is 1.06. The Kier molecular flexibility index (Phi) is 4.57. The lowest BCUT2D eigenvalue weighted by Gasteiger charge is -2.00. The van der Waals surface area contributed by atoms with E-state index in [-0.39, 0.29) is 0 Å². The van der Waals surface area contributed by atoms with Crippen LogP contribution in [-0.2, 0) is 6.42 Å². The van der Waals surface area contributed by atoms with Gasteiger partial charge in [-0.2, -0.15) is 0 Å². The van der Waals surface area contributed by atoms with Gasteiger partial charge < -0.3 is 0 Å². The monoisotopic (exact) mass is 286 g/mol. The molecule has 0 spiro atoms. The van der Waals surface area contributed by atoms with E-state index >= 15 is 0 Å². The first-order valence-corrected chi connectivity index (χ1v) is 6.60. The molecule has 0 amide bonds. The van der Waals surface area contributed by atoms with Crippen molar-refractivity contribution < 1.29 is 0 Å². The zero-order chi connectivity index (χ0) is 11.9. The predicted octanol–water partition coefficient (Wildman–Crippen LogP) is 5.06. The third kappa shape index (κ3) is 3.86. The average Bonchev–Trinajstić information content (AvgIpc) is 2.41. The largest absolute Gasteiger partial charge is 0.0693 e. The van der Waals surface area contributed by atoms with E-state index in [1.807, 2.05) is 6.07 Å². The highest BCUT2D eigenvalue weighted by molar-refractivity contribution is 9.15. The summed E-state index contributed by atoms with van der Waals surface area (Å²) in [5.74, 6) is 0. The number of aryl methyl sites for hydroxylation is 1. The van der Waals surface area contributed by atoms with Crippen molar-refractivity contribution in [1.29, 1.82) is 0 Å². The van der Waals surface area contributed by atoms with Crippen molar-refractivity contribution >= 4 is 20.4 Å². The Bertz CT molecular complexity index is 471. The minimum absolute atomic E-state index is 1.06. The highest BCUT2D eigenvalue weighted by atomic mass is 79.9. The summed E-state index contributed by atoms with van der Waals surface area (Å²) in [4.78, 5) is 0. The molecule has 0 heterocycles. The average molecular weight is 287 g/mol. The molecule has 17 heavy (non-hydrogen) atoms. The van der Waals surface area contributed by atoms with Crippen LogP contribution in [0.5, 0.6) is 0 Å².